The first-order chi connectivity index (χ1) is 8.02. The number of nitrogens with zero attached hydrogens (tertiary/aromatic N) is 2. The van der Waals surface area contributed by atoms with Gasteiger partial charge in [-0.3, -0.25) is 4.79 Å². The molecule has 0 aliphatic heterocycles. The first kappa shape index (κ1) is 13.6. The summed E-state index contributed by atoms with van der Waals surface area (Å²) in [5, 5.41) is 9.09. The van der Waals surface area contributed by atoms with E-state index >= 15 is 0 Å². The van der Waals surface area contributed by atoms with Crippen LogP contribution in [0.5, 0.6) is 0 Å². The molecule has 4 heteroatoms. The summed E-state index contributed by atoms with van der Waals surface area (Å²) in [6.45, 7) is 2.04. The summed E-state index contributed by atoms with van der Waals surface area (Å²) < 4.78 is 0. The van der Waals surface area contributed by atoms with Gasteiger partial charge in [-0.05, 0) is 24.1 Å². The van der Waals surface area contributed by atoms with Crippen LogP contribution >= 0.6 is 12.6 Å². The van der Waals surface area contributed by atoms with Gasteiger partial charge in [0.2, 0.25) is 0 Å². The summed E-state index contributed by atoms with van der Waals surface area (Å²) in [6.07, 6.45) is 1.67. The van der Waals surface area contributed by atoms with E-state index in [-0.39, 0.29) is 5.91 Å². The SMILES string of the molecule is CCCc1c(S)ccc(C#N)c1C(=O)N(C)C. The van der Waals surface area contributed by atoms with Gasteiger partial charge in [0.1, 0.15) is 0 Å². The summed E-state index contributed by atoms with van der Waals surface area (Å²) in [6, 6.07) is 5.50. The second-order valence-electron chi connectivity index (χ2n) is 4.05. The van der Waals surface area contributed by atoms with Gasteiger partial charge in [-0.2, -0.15) is 5.26 Å². The van der Waals surface area contributed by atoms with Crippen molar-refractivity contribution in [1.29, 1.82) is 5.26 Å². The second-order valence-corrected chi connectivity index (χ2v) is 4.53. The van der Waals surface area contributed by atoms with Crippen LogP contribution in [-0.2, 0) is 6.42 Å². The number of hydrogen-bond donors (Lipinski definition) is 1. The van der Waals surface area contributed by atoms with Crippen LogP contribution in [0.2, 0.25) is 0 Å². The molecule has 1 amide bonds. The lowest BCUT2D eigenvalue weighted by Gasteiger charge is -2.16. The summed E-state index contributed by atoms with van der Waals surface area (Å²) in [5.74, 6) is -0.138. The number of carbonyl (C=O) groups is 1. The molecule has 0 radical (unpaired) electrons. The van der Waals surface area contributed by atoms with Crippen molar-refractivity contribution >= 4 is 18.5 Å². The van der Waals surface area contributed by atoms with Crippen molar-refractivity contribution in [2.45, 2.75) is 24.7 Å². The Labute approximate surface area is 107 Å². The van der Waals surface area contributed by atoms with E-state index in [1.165, 1.54) is 4.90 Å². The van der Waals surface area contributed by atoms with Gasteiger partial charge in [0.05, 0.1) is 17.2 Å². The van der Waals surface area contributed by atoms with Gasteiger partial charge in [0, 0.05) is 19.0 Å². The molecule has 17 heavy (non-hydrogen) atoms. The number of rotatable bonds is 3. The van der Waals surface area contributed by atoms with E-state index in [1.54, 1.807) is 26.2 Å². The molecule has 3 nitrogen and oxygen atoms in total. The van der Waals surface area contributed by atoms with Crippen LogP contribution in [0.4, 0.5) is 0 Å². The van der Waals surface area contributed by atoms with Crippen molar-refractivity contribution in [3.05, 3.63) is 28.8 Å². The van der Waals surface area contributed by atoms with Crippen LogP contribution in [0.15, 0.2) is 17.0 Å². The standard InChI is InChI=1S/C13H16N2OS/c1-4-5-10-11(17)7-6-9(8-14)12(10)13(16)15(2)3/h6-7,17H,4-5H2,1-3H3. The fraction of sp³-hybridized carbons (Fsp3) is 0.385. The van der Waals surface area contributed by atoms with Crippen molar-refractivity contribution < 1.29 is 4.79 Å². The molecule has 0 aliphatic carbocycles. The molecule has 0 unspecified atom stereocenters. The molecule has 0 N–H and O–H groups in total. The molecule has 0 fully saturated rings. The molecule has 0 heterocycles. The van der Waals surface area contributed by atoms with E-state index in [0.717, 1.165) is 23.3 Å². The fourth-order valence-corrected chi connectivity index (χ4v) is 2.00. The van der Waals surface area contributed by atoms with Gasteiger partial charge in [-0.1, -0.05) is 13.3 Å². The Morgan fingerprint density at radius 2 is 2.12 bits per heavy atom. The number of carbonyl (C=O) groups excluding carboxylic acids is 1. The third-order valence-electron chi connectivity index (χ3n) is 2.53. The van der Waals surface area contributed by atoms with E-state index in [9.17, 15) is 4.79 Å². The third-order valence-corrected chi connectivity index (χ3v) is 2.95. The van der Waals surface area contributed by atoms with Crippen LogP contribution in [0.3, 0.4) is 0 Å². The first-order valence-corrected chi connectivity index (χ1v) is 5.94. The summed E-state index contributed by atoms with van der Waals surface area (Å²) in [4.78, 5) is 14.4. The molecular weight excluding hydrogens is 232 g/mol. The van der Waals surface area contributed by atoms with Crippen LogP contribution in [0, 0.1) is 11.3 Å². The van der Waals surface area contributed by atoms with Gasteiger partial charge in [0.25, 0.3) is 5.91 Å². The quantitative estimate of drug-likeness (QED) is 0.835. The molecule has 0 aromatic heterocycles. The average molecular weight is 248 g/mol. The zero-order chi connectivity index (χ0) is 13.0. The highest BCUT2D eigenvalue weighted by molar-refractivity contribution is 7.80. The third kappa shape index (κ3) is 2.80. The number of hydrogen-bond acceptors (Lipinski definition) is 3. The van der Waals surface area contributed by atoms with Crippen molar-refractivity contribution in [3.8, 4) is 6.07 Å². The van der Waals surface area contributed by atoms with Gasteiger partial charge >= 0.3 is 0 Å². The van der Waals surface area contributed by atoms with E-state index < -0.39 is 0 Å². The predicted molar refractivity (Wildman–Crippen MR) is 70.4 cm³/mol. The first-order valence-electron chi connectivity index (χ1n) is 5.49. The Bertz CT molecular complexity index is 475. The van der Waals surface area contributed by atoms with E-state index in [1.807, 2.05) is 6.92 Å². The zero-order valence-electron chi connectivity index (χ0n) is 10.3. The Kier molecular flexibility index (Phi) is 4.59. The molecule has 0 bridgehead atoms. The Morgan fingerprint density at radius 1 is 1.47 bits per heavy atom. The molecule has 0 atom stereocenters. The predicted octanol–water partition coefficient (Wildman–Crippen LogP) is 2.50. The van der Waals surface area contributed by atoms with Crippen molar-refractivity contribution in [3.63, 3.8) is 0 Å². The summed E-state index contributed by atoms with van der Waals surface area (Å²) in [7, 11) is 3.37. The molecule has 1 aromatic rings. The summed E-state index contributed by atoms with van der Waals surface area (Å²) in [5.41, 5.74) is 1.78. The van der Waals surface area contributed by atoms with E-state index in [4.69, 9.17) is 5.26 Å². The maximum atomic E-state index is 12.1. The minimum absolute atomic E-state index is 0.138. The van der Waals surface area contributed by atoms with Crippen LogP contribution < -0.4 is 0 Å². The molecular formula is C13H16N2OS. The Morgan fingerprint density at radius 3 is 2.59 bits per heavy atom. The van der Waals surface area contributed by atoms with Crippen molar-refractivity contribution in [2.75, 3.05) is 14.1 Å². The van der Waals surface area contributed by atoms with Gasteiger partial charge in [-0.25, -0.2) is 0 Å². The molecule has 90 valence electrons. The Hall–Kier alpha value is -1.47. The topological polar surface area (TPSA) is 44.1 Å². The molecule has 0 saturated carbocycles. The van der Waals surface area contributed by atoms with Crippen LogP contribution in [-0.4, -0.2) is 24.9 Å². The lowest BCUT2D eigenvalue weighted by Crippen LogP contribution is -2.24. The minimum Gasteiger partial charge on any atom is -0.345 e. The lowest BCUT2D eigenvalue weighted by atomic mass is 9.97. The molecule has 0 spiro atoms. The fourth-order valence-electron chi connectivity index (χ4n) is 1.70. The average Bonchev–Trinajstić information content (AvgIpc) is 2.30. The molecule has 0 aliphatic rings. The highest BCUT2D eigenvalue weighted by Gasteiger charge is 2.19. The van der Waals surface area contributed by atoms with Gasteiger partial charge in [-0.15, -0.1) is 12.6 Å². The monoisotopic (exact) mass is 248 g/mol. The number of thiol groups is 1. The second kappa shape index (κ2) is 5.74. The zero-order valence-corrected chi connectivity index (χ0v) is 11.2. The largest absolute Gasteiger partial charge is 0.345 e. The van der Waals surface area contributed by atoms with E-state index in [0.29, 0.717) is 11.1 Å². The van der Waals surface area contributed by atoms with Crippen LogP contribution in [0.1, 0.15) is 34.8 Å². The minimum atomic E-state index is -0.138. The van der Waals surface area contributed by atoms with Gasteiger partial charge < -0.3 is 4.90 Å². The van der Waals surface area contributed by atoms with Crippen molar-refractivity contribution in [2.24, 2.45) is 0 Å². The molecule has 1 aromatic carbocycles. The molecule has 1 rings (SSSR count). The van der Waals surface area contributed by atoms with E-state index in [2.05, 4.69) is 18.7 Å². The van der Waals surface area contributed by atoms with Gasteiger partial charge in [0.15, 0.2) is 0 Å². The smallest absolute Gasteiger partial charge is 0.255 e. The van der Waals surface area contributed by atoms with Crippen LogP contribution in [0.25, 0.3) is 0 Å². The Balaban J connectivity index is 3.46. The number of benzene rings is 1. The van der Waals surface area contributed by atoms with Crippen molar-refractivity contribution in [1.82, 2.24) is 4.90 Å². The number of nitriles is 1. The number of amides is 1. The maximum Gasteiger partial charge on any atom is 0.255 e. The highest BCUT2D eigenvalue weighted by atomic mass is 32.1. The summed E-state index contributed by atoms with van der Waals surface area (Å²) >= 11 is 4.37. The highest BCUT2D eigenvalue weighted by Crippen LogP contribution is 2.24. The normalized spacial score (nSPS) is 9.82. The lowest BCUT2D eigenvalue weighted by molar-refractivity contribution is 0.0826. The molecule has 0 saturated heterocycles. The maximum absolute atomic E-state index is 12.1.